The second-order valence-electron chi connectivity index (χ2n) is 7.07. The number of aryl methyl sites for hydroxylation is 1. The molecule has 135 valence electrons. The lowest BCUT2D eigenvalue weighted by molar-refractivity contribution is 0.333. The molecule has 0 heterocycles. The summed E-state index contributed by atoms with van der Waals surface area (Å²) in [6.07, 6.45) is 7.32. The largest absolute Gasteiger partial charge is 0.247 e. The molecule has 1 radical (unpaired) electrons. The fourth-order valence-corrected chi connectivity index (χ4v) is 3.27. The fourth-order valence-electron chi connectivity index (χ4n) is 3.27. The minimum atomic E-state index is -0.806. The van der Waals surface area contributed by atoms with Crippen LogP contribution in [0.1, 0.15) is 69.9 Å². The van der Waals surface area contributed by atoms with Crippen LogP contribution in [-0.4, -0.2) is 6.17 Å². The van der Waals surface area contributed by atoms with E-state index < -0.39 is 6.17 Å². The maximum Gasteiger partial charge on any atom is 0.104 e. The van der Waals surface area contributed by atoms with Gasteiger partial charge in [-0.05, 0) is 53.9 Å². The van der Waals surface area contributed by atoms with Crippen molar-refractivity contribution in [3.63, 3.8) is 0 Å². The Morgan fingerprint density at radius 2 is 1.48 bits per heavy atom. The third-order valence-electron chi connectivity index (χ3n) is 4.91. The van der Waals surface area contributed by atoms with Crippen molar-refractivity contribution in [3.05, 3.63) is 66.1 Å². The molecule has 0 fully saturated rings. The highest BCUT2D eigenvalue weighted by molar-refractivity contribution is 5.64. The predicted molar refractivity (Wildman–Crippen MR) is 108 cm³/mol. The summed E-state index contributed by atoms with van der Waals surface area (Å²) < 4.78 is 13.8. The number of unbranched alkanes of at least 4 members (excludes halogenated alkanes) is 2. The van der Waals surface area contributed by atoms with Gasteiger partial charge < -0.3 is 0 Å². The van der Waals surface area contributed by atoms with Gasteiger partial charge in [-0.3, -0.25) is 0 Å². The Labute approximate surface area is 153 Å². The number of hydrogen-bond acceptors (Lipinski definition) is 0. The van der Waals surface area contributed by atoms with Gasteiger partial charge in [0.15, 0.2) is 0 Å². The molecule has 0 amide bonds. The van der Waals surface area contributed by atoms with Gasteiger partial charge in [0.1, 0.15) is 6.17 Å². The first-order valence-corrected chi connectivity index (χ1v) is 9.80. The zero-order valence-electron chi connectivity index (χ0n) is 16.0. The van der Waals surface area contributed by atoms with Gasteiger partial charge in [-0.25, -0.2) is 4.39 Å². The van der Waals surface area contributed by atoms with E-state index in [1.807, 2.05) is 6.92 Å². The molecular formula is C24H32F. The summed E-state index contributed by atoms with van der Waals surface area (Å²) in [5.41, 5.74) is 5.12. The molecule has 0 aliphatic rings. The molecule has 0 saturated carbocycles. The van der Waals surface area contributed by atoms with E-state index in [0.29, 0.717) is 6.42 Å². The molecule has 2 atom stereocenters. The van der Waals surface area contributed by atoms with E-state index in [9.17, 15) is 4.39 Å². The summed E-state index contributed by atoms with van der Waals surface area (Å²) in [6, 6.07) is 17.5. The quantitative estimate of drug-likeness (QED) is 0.392. The number of alkyl halides is 1. The standard InChI is InChI=1S/C24H32F/c1-4-6-7-9-20-10-12-22(13-11-20)23-16-14-21(15-17-23)19(3)18-24(25)8-5-2/h8,10-17,19,24H,4-7,9,18H2,1-3H3. The minimum Gasteiger partial charge on any atom is -0.247 e. The van der Waals surface area contributed by atoms with Gasteiger partial charge in [0.05, 0.1) is 0 Å². The lowest BCUT2D eigenvalue weighted by atomic mass is 9.92. The third kappa shape index (κ3) is 6.30. The SMILES string of the molecule is CC[CH]C(F)CC(C)c1ccc(-c2ccc(CCCCC)cc2)cc1. The molecule has 25 heavy (non-hydrogen) atoms. The van der Waals surface area contributed by atoms with Crippen LogP contribution in [0.15, 0.2) is 48.5 Å². The lowest BCUT2D eigenvalue weighted by Gasteiger charge is -2.15. The average molecular weight is 340 g/mol. The average Bonchev–Trinajstić information content (AvgIpc) is 2.63. The predicted octanol–water partition coefficient (Wildman–Crippen LogP) is 7.53. The van der Waals surface area contributed by atoms with Crippen molar-refractivity contribution in [1.82, 2.24) is 0 Å². The first-order chi connectivity index (χ1) is 12.1. The number of halogens is 1. The molecule has 2 aromatic rings. The smallest absolute Gasteiger partial charge is 0.104 e. The lowest BCUT2D eigenvalue weighted by Crippen LogP contribution is -2.06. The van der Waals surface area contributed by atoms with Crippen molar-refractivity contribution in [2.45, 2.75) is 71.4 Å². The first-order valence-electron chi connectivity index (χ1n) is 9.80. The van der Waals surface area contributed by atoms with Crippen molar-refractivity contribution in [2.75, 3.05) is 0 Å². The number of hydrogen-bond donors (Lipinski definition) is 0. The van der Waals surface area contributed by atoms with Crippen LogP contribution in [0, 0.1) is 6.42 Å². The van der Waals surface area contributed by atoms with Crippen LogP contribution in [0.4, 0.5) is 4.39 Å². The Kier molecular flexibility index (Phi) is 8.18. The Bertz CT molecular complexity index is 597. The molecule has 1 heteroatoms. The highest BCUT2D eigenvalue weighted by Gasteiger charge is 2.13. The van der Waals surface area contributed by atoms with Crippen molar-refractivity contribution in [1.29, 1.82) is 0 Å². The molecule has 2 aromatic carbocycles. The number of rotatable bonds is 10. The topological polar surface area (TPSA) is 0 Å². The van der Waals surface area contributed by atoms with E-state index in [4.69, 9.17) is 0 Å². The Hall–Kier alpha value is -1.63. The molecule has 0 aliphatic heterocycles. The summed E-state index contributed by atoms with van der Waals surface area (Å²) >= 11 is 0. The Morgan fingerprint density at radius 1 is 0.880 bits per heavy atom. The maximum absolute atomic E-state index is 13.8. The highest BCUT2D eigenvalue weighted by Crippen LogP contribution is 2.27. The van der Waals surface area contributed by atoms with E-state index in [-0.39, 0.29) is 5.92 Å². The normalized spacial score (nSPS) is 13.6. The van der Waals surface area contributed by atoms with Gasteiger partial charge in [-0.15, -0.1) is 0 Å². The molecule has 0 N–H and O–H groups in total. The van der Waals surface area contributed by atoms with Gasteiger partial charge in [0, 0.05) is 0 Å². The second-order valence-corrected chi connectivity index (χ2v) is 7.07. The van der Waals surface area contributed by atoms with Crippen LogP contribution in [0.2, 0.25) is 0 Å². The fraction of sp³-hybridized carbons (Fsp3) is 0.458. The van der Waals surface area contributed by atoms with E-state index in [1.54, 1.807) is 6.42 Å². The molecule has 0 nitrogen and oxygen atoms in total. The van der Waals surface area contributed by atoms with E-state index >= 15 is 0 Å². The van der Waals surface area contributed by atoms with E-state index in [2.05, 4.69) is 62.4 Å². The maximum atomic E-state index is 13.8. The Morgan fingerprint density at radius 3 is 2.04 bits per heavy atom. The van der Waals surface area contributed by atoms with Crippen LogP contribution >= 0.6 is 0 Å². The van der Waals surface area contributed by atoms with Crippen LogP contribution in [0.5, 0.6) is 0 Å². The second kappa shape index (κ2) is 10.4. The third-order valence-corrected chi connectivity index (χ3v) is 4.91. The summed E-state index contributed by atoms with van der Waals surface area (Å²) in [6.45, 7) is 6.33. The summed E-state index contributed by atoms with van der Waals surface area (Å²) in [5.74, 6) is 0.243. The van der Waals surface area contributed by atoms with Gasteiger partial charge in [-0.2, -0.15) is 0 Å². The van der Waals surface area contributed by atoms with Gasteiger partial charge in [0.25, 0.3) is 0 Å². The van der Waals surface area contributed by atoms with Gasteiger partial charge in [0.2, 0.25) is 0 Å². The van der Waals surface area contributed by atoms with Crippen molar-refractivity contribution in [3.8, 4) is 11.1 Å². The zero-order chi connectivity index (χ0) is 18.1. The van der Waals surface area contributed by atoms with Crippen molar-refractivity contribution in [2.24, 2.45) is 0 Å². The molecule has 0 aromatic heterocycles. The molecule has 0 bridgehead atoms. The van der Waals surface area contributed by atoms with Crippen molar-refractivity contribution < 1.29 is 4.39 Å². The van der Waals surface area contributed by atoms with Crippen LogP contribution in [0.3, 0.4) is 0 Å². The van der Waals surface area contributed by atoms with Crippen LogP contribution in [0.25, 0.3) is 11.1 Å². The van der Waals surface area contributed by atoms with E-state index in [0.717, 1.165) is 6.42 Å². The molecular weight excluding hydrogens is 307 g/mol. The number of benzene rings is 2. The Balaban J connectivity index is 1.97. The first kappa shape index (κ1) is 19.7. The molecule has 0 aliphatic carbocycles. The highest BCUT2D eigenvalue weighted by atomic mass is 19.1. The van der Waals surface area contributed by atoms with Gasteiger partial charge >= 0.3 is 0 Å². The summed E-state index contributed by atoms with van der Waals surface area (Å²) in [7, 11) is 0. The van der Waals surface area contributed by atoms with Crippen LogP contribution < -0.4 is 0 Å². The van der Waals surface area contributed by atoms with Crippen molar-refractivity contribution >= 4 is 0 Å². The zero-order valence-corrected chi connectivity index (χ0v) is 16.0. The van der Waals surface area contributed by atoms with Gasteiger partial charge in [-0.1, -0.05) is 88.6 Å². The molecule has 0 spiro atoms. The van der Waals surface area contributed by atoms with E-state index in [1.165, 1.54) is 47.9 Å². The van der Waals surface area contributed by atoms with Crippen LogP contribution in [-0.2, 0) is 6.42 Å². The minimum absolute atomic E-state index is 0.243. The molecule has 2 unspecified atom stereocenters. The molecule has 2 rings (SSSR count). The molecule has 0 saturated heterocycles. The summed E-state index contributed by atoms with van der Waals surface area (Å²) in [5, 5.41) is 0. The summed E-state index contributed by atoms with van der Waals surface area (Å²) in [4.78, 5) is 0. The monoisotopic (exact) mass is 339 g/mol.